The number of hydrogen-bond acceptors (Lipinski definition) is 21. The number of halogens is 2. The van der Waals surface area contributed by atoms with Gasteiger partial charge in [-0.05, 0) is 33.3 Å². The number of nitrogens with two attached hydrogens (primary N) is 1. The molecule has 2 saturated heterocycles. The molecule has 0 aromatic heterocycles. The van der Waals surface area contributed by atoms with Crippen LogP contribution in [0.5, 0.6) is 0 Å². The molecule has 4 aliphatic heterocycles. The fourth-order valence-electron chi connectivity index (χ4n) is 5.40. The number of alkyl halides is 2. The molecule has 0 radical (unpaired) electrons. The molecule has 0 aromatic carbocycles. The number of phosphoric ester groups is 2. The predicted molar refractivity (Wildman–Crippen MR) is 201 cm³/mol. The van der Waals surface area contributed by atoms with Crippen molar-refractivity contribution in [2.24, 2.45) is 10.7 Å². The highest BCUT2D eigenvalue weighted by Gasteiger charge is 2.58. The van der Waals surface area contributed by atoms with Crippen LogP contribution in [0.25, 0.3) is 0 Å². The second-order valence-electron chi connectivity index (χ2n) is 13.5. The average Bonchev–Trinajstić information content (AvgIpc) is 3.41. The molecule has 0 amide bonds. The molecule has 62 heavy (non-hydrogen) atoms. The topological polar surface area (TPSA) is 435 Å². The standard InChI is InChI=1S/C13H22FN2O12P3.C12H21FN3O12P3/c1-7-5-16(9(3)15-8(7)2)12-13(4,17)11(14)10(26-12)6-25-30(21,22)28-31(23,24)27-29(18,19)20;1-6-4-16(7(2)15-10(6)14)11-12(3,17)9(13)8(26-11)5-25-30(21,22)28-31(23,24)27-29(18,19)20/h5,10-12,15,17H,2-3,6H2,1,4H3,(H,21,22)(H,23,24)(H2,18,19,20);4,8-9,11,17H,2,5H2,1,3H3,(H2,14,15)(H,21,22)(H,23,24)(H2,18,19,20)/t10-,11+,12-,13?;8-,9+,11-,12?/m11/s1. The third-order valence-corrected chi connectivity index (χ3v) is 15.8. The molecule has 0 aliphatic carbocycles. The van der Waals surface area contributed by atoms with Crippen molar-refractivity contribution in [1.82, 2.24) is 15.1 Å². The number of allylic oxidation sites excluding steroid dienone is 1. The summed E-state index contributed by atoms with van der Waals surface area (Å²) >= 11 is 0. The fraction of sp³-hybridized carbons (Fsp3) is 0.560. The summed E-state index contributed by atoms with van der Waals surface area (Å²) in [5.74, 6) is 0.343. The maximum absolute atomic E-state index is 14.8. The predicted octanol–water partition coefficient (Wildman–Crippen LogP) is 1.13. The molecule has 0 saturated carbocycles. The Morgan fingerprint density at radius 2 is 1.08 bits per heavy atom. The summed E-state index contributed by atoms with van der Waals surface area (Å²) in [7, 11) is -33.5. The molecule has 4 aliphatic rings. The number of phosphoric acid groups is 6. The summed E-state index contributed by atoms with van der Waals surface area (Å²) in [5.41, 5.74) is 2.89. The molecule has 6 unspecified atom stereocenters. The summed E-state index contributed by atoms with van der Waals surface area (Å²) in [6.45, 7) is 14.4. The van der Waals surface area contributed by atoms with Crippen LogP contribution in [0.15, 0.2) is 65.6 Å². The third-order valence-electron chi connectivity index (χ3n) is 8.22. The van der Waals surface area contributed by atoms with Crippen LogP contribution in [0.1, 0.15) is 27.7 Å². The van der Waals surface area contributed by atoms with E-state index in [9.17, 15) is 56.2 Å². The van der Waals surface area contributed by atoms with Gasteiger partial charge in [-0.3, -0.25) is 9.05 Å². The monoisotopic (exact) mass is 1020 g/mol. The number of amidine groups is 1. The van der Waals surface area contributed by atoms with Crippen LogP contribution in [0.2, 0.25) is 0 Å². The quantitative estimate of drug-likeness (QED) is 0.0964. The van der Waals surface area contributed by atoms with Crippen LogP contribution in [-0.4, -0.2) is 126 Å². The van der Waals surface area contributed by atoms with Gasteiger partial charge in [-0.1, -0.05) is 19.7 Å². The maximum Gasteiger partial charge on any atom is 0.490 e. The SMILES string of the molecule is C=C1N=C(N)C(C)=CN1[C@@H]1O[C@H](COP(=O)(O)OP(=O)(O)OP(=O)(O)O)[C@H](F)C1(C)O.C=C1NC(=C)N([C@@H]2O[C@H](COP(=O)(O)OP(=O)(O)OP(=O)(O)O)[C@H](F)C2(C)O)C=C1C. The van der Waals surface area contributed by atoms with Gasteiger partial charge in [0.05, 0.1) is 13.2 Å². The van der Waals surface area contributed by atoms with Crippen molar-refractivity contribution >= 4 is 52.8 Å². The molecule has 4 rings (SSSR count). The lowest BCUT2D eigenvalue weighted by Gasteiger charge is -2.38. The van der Waals surface area contributed by atoms with Crippen molar-refractivity contribution in [2.45, 2.75) is 75.9 Å². The number of nitrogens with one attached hydrogen (secondary N) is 1. The van der Waals surface area contributed by atoms with Crippen molar-refractivity contribution < 1.29 is 121 Å². The van der Waals surface area contributed by atoms with E-state index in [4.69, 9.17) is 44.6 Å². The second kappa shape index (κ2) is 19.1. The number of aliphatic imine (C=N–C) groups is 1. The van der Waals surface area contributed by atoms with Gasteiger partial charge in [0, 0.05) is 23.7 Å². The normalized spacial score (nSPS) is 33.5. The Hall–Kier alpha value is -1.91. The van der Waals surface area contributed by atoms with Crippen molar-refractivity contribution in [3.8, 4) is 0 Å². The Kier molecular flexibility index (Phi) is 16.8. The first-order valence-corrected chi connectivity index (χ1v) is 25.5. The lowest BCUT2D eigenvalue weighted by Crippen LogP contribution is -2.52. The van der Waals surface area contributed by atoms with Gasteiger partial charge in [0.25, 0.3) is 0 Å². The van der Waals surface area contributed by atoms with E-state index in [1.807, 2.05) is 0 Å². The van der Waals surface area contributed by atoms with E-state index in [2.05, 4.69) is 56.3 Å². The number of rotatable bonds is 16. The molecule has 13 N–H and O–H groups in total. The van der Waals surface area contributed by atoms with Crippen molar-refractivity contribution in [1.29, 1.82) is 0 Å². The molecule has 37 heteroatoms. The third kappa shape index (κ3) is 14.5. The van der Waals surface area contributed by atoms with Crippen LogP contribution in [0, 0.1) is 0 Å². The summed E-state index contributed by atoms with van der Waals surface area (Å²) in [5, 5.41) is 24.0. The summed E-state index contributed by atoms with van der Waals surface area (Å²) < 4.78 is 131. The van der Waals surface area contributed by atoms with Gasteiger partial charge in [-0.15, -0.1) is 0 Å². The van der Waals surface area contributed by atoms with Crippen LogP contribution in [-0.2, 0) is 63.2 Å². The number of ether oxygens (including phenoxy) is 2. The maximum atomic E-state index is 14.8. The van der Waals surface area contributed by atoms with Gasteiger partial charge < -0.3 is 79.7 Å². The Labute approximate surface area is 349 Å². The summed E-state index contributed by atoms with van der Waals surface area (Å²) in [6, 6.07) is 0. The van der Waals surface area contributed by atoms with Crippen LogP contribution < -0.4 is 11.1 Å². The number of aliphatic hydroxyl groups is 2. The largest absolute Gasteiger partial charge is 0.490 e. The van der Waals surface area contributed by atoms with E-state index in [1.54, 1.807) is 13.8 Å². The van der Waals surface area contributed by atoms with Gasteiger partial charge >= 0.3 is 46.9 Å². The fourth-order valence-corrected chi connectivity index (χ4v) is 11.5. The van der Waals surface area contributed by atoms with Crippen LogP contribution >= 0.6 is 46.9 Å². The highest BCUT2D eigenvalue weighted by molar-refractivity contribution is 7.67. The lowest BCUT2D eigenvalue weighted by atomic mass is 9.97. The minimum absolute atomic E-state index is 0.00844. The van der Waals surface area contributed by atoms with E-state index in [0.29, 0.717) is 16.8 Å². The van der Waals surface area contributed by atoms with E-state index in [0.717, 1.165) is 13.8 Å². The Morgan fingerprint density at radius 1 is 0.710 bits per heavy atom. The first kappa shape index (κ1) is 54.4. The molecule has 0 bridgehead atoms. The van der Waals surface area contributed by atoms with E-state index >= 15 is 0 Å². The van der Waals surface area contributed by atoms with Crippen molar-refractivity contribution in [2.75, 3.05) is 13.2 Å². The van der Waals surface area contributed by atoms with Crippen LogP contribution in [0.3, 0.4) is 0 Å². The Balaban J connectivity index is 0.000000330. The van der Waals surface area contributed by atoms with Gasteiger partial charge in [-0.2, -0.15) is 17.2 Å². The van der Waals surface area contributed by atoms with Crippen molar-refractivity contribution in [3.05, 3.63) is 60.6 Å². The van der Waals surface area contributed by atoms with Crippen molar-refractivity contribution in [3.63, 3.8) is 0 Å². The van der Waals surface area contributed by atoms with E-state index in [-0.39, 0.29) is 17.5 Å². The van der Waals surface area contributed by atoms with Gasteiger partial charge in [0.2, 0.25) is 0 Å². The van der Waals surface area contributed by atoms with Gasteiger partial charge in [0.1, 0.15) is 40.9 Å². The van der Waals surface area contributed by atoms with Gasteiger partial charge in [-0.25, -0.2) is 41.2 Å². The highest BCUT2D eigenvalue weighted by atomic mass is 31.3. The number of hydrogen-bond donors (Lipinski definition) is 12. The second-order valence-corrected chi connectivity index (χ2v) is 22.3. The van der Waals surface area contributed by atoms with Gasteiger partial charge in [0.15, 0.2) is 24.8 Å². The molecule has 12 atom stereocenters. The molecular formula is C25H43F2N5O24P6. The summed E-state index contributed by atoms with van der Waals surface area (Å²) in [6.07, 6.45) is -7.62. The first-order chi connectivity index (χ1) is 27.7. The Bertz CT molecular complexity index is 2170. The molecular weight excluding hydrogens is 978 g/mol. The van der Waals surface area contributed by atoms with E-state index in [1.165, 1.54) is 22.2 Å². The minimum atomic E-state index is -5.73. The van der Waals surface area contributed by atoms with Crippen LogP contribution in [0.4, 0.5) is 8.78 Å². The molecule has 29 nitrogen and oxygen atoms in total. The minimum Gasteiger partial charge on any atom is -0.383 e. The smallest absolute Gasteiger partial charge is 0.383 e. The molecule has 0 spiro atoms. The zero-order valence-corrected chi connectivity index (χ0v) is 37.6. The number of nitrogens with zero attached hydrogens (tertiary/aromatic N) is 3. The lowest BCUT2D eigenvalue weighted by molar-refractivity contribution is -0.108. The zero-order valence-electron chi connectivity index (χ0n) is 32.2. The Morgan fingerprint density at radius 3 is 1.47 bits per heavy atom. The highest BCUT2D eigenvalue weighted by Crippen LogP contribution is 2.67. The molecule has 2 fully saturated rings. The average molecular weight is 1020 g/mol. The first-order valence-electron chi connectivity index (χ1n) is 16.4. The van der Waals surface area contributed by atoms with E-state index < -0.39 is 108 Å². The molecule has 0 aromatic rings. The molecule has 356 valence electrons. The zero-order chi connectivity index (χ0) is 48.0. The molecule has 4 heterocycles. The summed E-state index contributed by atoms with van der Waals surface area (Å²) in [4.78, 5) is 77.6.